The van der Waals surface area contributed by atoms with Crippen molar-refractivity contribution < 1.29 is 24.4 Å². The van der Waals surface area contributed by atoms with Crippen molar-refractivity contribution in [2.24, 2.45) is 0 Å². The molecular weight excluding hydrogens is 418 g/mol. The van der Waals surface area contributed by atoms with Gasteiger partial charge in [0.2, 0.25) is 0 Å². The Morgan fingerprint density at radius 3 is 2.41 bits per heavy atom. The number of nitrogens with one attached hydrogen (secondary N) is 1. The van der Waals surface area contributed by atoms with E-state index in [0.29, 0.717) is 5.56 Å². The molecule has 2 aromatic rings. The number of hydrazine groups is 1. The highest BCUT2D eigenvalue weighted by Crippen LogP contribution is 2.31. The Balaban J connectivity index is 1.80. The van der Waals surface area contributed by atoms with Gasteiger partial charge in [0.1, 0.15) is 5.56 Å². The molecule has 3 rings (SSSR count). The van der Waals surface area contributed by atoms with Crippen molar-refractivity contribution in [3.8, 4) is 0 Å². The van der Waals surface area contributed by atoms with Gasteiger partial charge in [-0.1, -0.05) is 48.2 Å². The van der Waals surface area contributed by atoms with Crippen molar-refractivity contribution >= 4 is 57.8 Å². The van der Waals surface area contributed by atoms with E-state index in [4.69, 9.17) is 12.2 Å². The van der Waals surface area contributed by atoms with Crippen LogP contribution in [-0.4, -0.2) is 32.0 Å². The number of carboxylic acid groups (broad SMARTS) is 1. The monoisotopic (exact) mass is 428 g/mol. The molecule has 1 heterocycles. The van der Waals surface area contributed by atoms with Crippen molar-refractivity contribution in [1.82, 2.24) is 10.4 Å². The first-order chi connectivity index (χ1) is 13.8. The summed E-state index contributed by atoms with van der Waals surface area (Å²) in [6.45, 7) is 0. The molecule has 0 spiro atoms. The normalized spacial score (nSPS) is 14.9. The van der Waals surface area contributed by atoms with E-state index >= 15 is 0 Å². The molecule has 1 aliphatic heterocycles. The quantitative estimate of drug-likeness (QED) is 0.328. The van der Waals surface area contributed by atoms with Crippen LogP contribution in [0.25, 0.3) is 6.08 Å². The number of carbonyl (C=O) groups is 3. The van der Waals surface area contributed by atoms with E-state index in [9.17, 15) is 29.6 Å². The number of hydrogen-bond donors (Lipinski definition) is 1. The van der Waals surface area contributed by atoms with Crippen LogP contribution in [-0.2, 0) is 4.79 Å². The fraction of sp³-hybridized carbons (Fsp3) is 0. The molecule has 0 unspecified atom stereocenters. The van der Waals surface area contributed by atoms with Crippen LogP contribution in [0, 0.1) is 10.1 Å². The Kier molecular flexibility index (Phi) is 5.71. The number of thioether (sulfide) groups is 1. The summed E-state index contributed by atoms with van der Waals surface area (Å²) in [5, 5.41) is 22.7. The number of amides is 2. The van der Waals surface area contributed by atoms with E-state index in [-0.39, 0.29) is 20.4 Å². The first-order valence-electron chi connectivity index (χ1n) is 7.91. The summed E-state index contributed by atoms with van der Waals surface area (Å²) >= 11 is 6.04. The van der Waals surface area contributed by atoms with Crippen molar-refractivity contribution in [3.05, 3.63) is 80.2 Å². The molecule has 0 radical (unpaired) electrons. The molecule has 29 heavy (non-hydrogen) atoms. The molecule has 9 nitrogen and oxygen atoms in total. The van der Waals surface area contributed by atoms with E-state index in [1.807, 2.05) is 0 Å². The lowest BCUT2D eigenvalue weighted by molar-refractivity contribution is -0.385. The van der Waals surface area contributed by atoms with Crippen LogP contribution in [0.5, 0.6) is 0 Å². The molecule has 1 aliphatic rings. The van der Waals surface area contributed by atoms with E-state index in [1.54, 1.807) is 0 Å². The Bertz CT molecular complexity index is 1080. The molecular formula is C18H10N3O6S2-. The Morgan fingerprint density at radius 2 is 1.79 bits per heavy atom. The van der Waals surface area contributed by atoms with Crippen molar-refractivity contribution in [2.75, 3.05) is 0 Å². The van der Waals surface area contributed by atoms with Gasteiger partial charge in [-0.05, 0) is 35.5 Å². The van der Waals surface area contributed by atoms with Gasteiger partial charge < -0.3 is 9.90 Å². The summed E-state index contributed by atoms with van der Waals surface area (Å²) in [4.78, 5) is 46.4. The minimum absolute atomic E-state index is 0.00795. The van der Waals surface area contributed by atoms with Gasteiger partial charge in [-0.3, -0.25) is 25.1 Å². The van der Waals surface area contributed by atoms with Crippen molar-refractivity contribution in [2.45, 2.75) is 0 Å². The van der Waals surface area contributed by atoms with Gasteiger partial charge in [-0.2, -0.15) is 5.01 Å². The lowest BCUT2D eigenvalue weighted by Crippen LogP contribution is -2.45. The maximum absolute atomic E-state index is 12.6. The Labute approximate surface area is 173 Å². The Morgan fingerprint density at radius 1 is 1.14 bits per heavy atom. The SMILES string of the molecule is O=C([O-])c1ccc(C=C2SC(=S)N(NC(=O)c3ccccc3[N+](=O)[O-])C2=O)cc1. The first kappa shape index (κ1) is 20.2. The largest absolute Gasteiger partial charge is 0.545 e. The molecule has 2 aromatic carbocycles. The summed E-state index contributed by atoms with van der Waals surface area (Å²) in [6.07, 6.45) is 1.48. The number of rotatable bonds is 5. The first-order valence-corrected chi connectivity index (χ1v) is 9.14. The molecule has 1 saturated heterocycles. The van der Waals surface area contributed by atoms with Gasteiger partial charge >= 0.3 is 0 Å². The summed E-state index contributed by atoms with van der Waals surface area (Å²) in [5.74, 6) is -2.79. The molecule has 1 fully saturated rings. The van der Waals surface area contributed by atoms with Crippen LogP contribution < -0.4 is 10.5 Å². The van der Waals surface area contributed by atoms with Crippen LogP contribution >= 0.6 is 24.0 Å². The molecule has 0 aromatic heterocycles. The molecule has 0 bridgehead atoms. The zero-order valence-corrected chi connectivity index (χ0v) is 16.0. The van der Waals surface area contributed by atoms with Crippen LogP contribution in [0.3, 0.4) is 0 Å². The van der Waals surface area contributed by atoms with E-state index in [0.717, 1.165) is 16.8 Å². The average molecular weight is 428 g/mol. The minimum Gasteiger partial charge on any atom is -0.545 e. The third-order valence-electron chi connectivity index (χ3n) is 3.80. The highest BCUT2D eigenvalue weighted by atomic mass is 32.2. The summed E-state index contributed by atoms with van der Waals surface area (Å²) in [7, 11) is 0. The number of carboxylic acids is 1. The number of nitro groups is 1. The van der Waals surface area contributed by atoms with Crippen LogP contribution in [0.4, 0.5) is 5.69 Å². The molecule has 11 heteroatoms. The number of benzene rings is 2. The zero-order valence-electron chi connectivity index (χ0n) is 14.4. The third kappa shape index (κ3) is 4.31. The van der Waals surface area contributed by atoms with Gasteiger partial charge in [-0.15, -0.1) is 0 Å². The fourth-order valence-electron chi connectivity index (χ4n) is 2.42. The van der Waals surface area contributed by atoms with Crippen LogP contribution in [0.1, 0.15) is 26.3 Å². The number of hydrogen-bond acceptors (Lipinski definition) is 8. The predicted octanol–water partition coefficient (Wildman–Crippen LogP) is 1.50. The lowest BCUT2D eigenvalue weighted by atomic mass is 10.1. The number of aromatic carboxylic acids is 1. The molecule has 1 N–H and O–H groups in total. The number of nitrogens with zero attached hydrogens (tertiary/aromatic N) is 2. The number of para-hydroxylation sites is 1. The van der Waals surface area contributed by atoms with Crippen LogP contribution in [0.2, 0.25) is 0 Å². The predicted molar refractivity (Wildman–Crippen MR) is 106 cm³/mol. The second-order valence-electron chi connectivity index (χ2n) is 5.64. The lowest BCUT2D eigenvalue weighted by Gasteiger charge is -2.15. The number of nitro benzene ring substituents is 1. The Hall–Kier alpha value is -3.57. The highest BCUT2D eigenvalue weighted by Gasteiger charge is 2.34. The van der Waals surface area contributed by atoms with E-state index in [2.05, 4.69) is 5.43 Å². The summed E-state index contributed by atoms with van der Waals surface area (Å²) in [5.41, 5.74) is 2.20. The fourth-order valence-corrected chi connectivity index (χ4v) is 3.60. The summed E-state index contributed by atoms with van der Waals surface area (Å²) in [6, 6.07) is 11.0. The second kappa shape index (κ2) is 8.20. The number of thiocarbonyl (C=S) groups is 1. The maximum Gasteiger partial charge on any atom is 0.285 e. The molecule has 146 valence electrons. The van der Waals surface area contributed by atoms with E-state index in [1.165, 1.54) is 54.6 Å². The van der Waals surface area contributed by atoms with Crippen molar-refractivity contribution in [1.29, 1.82) is 0 Å². The standard InChI is InChI=1S/C18H11N3O6S2/c22-15(12-3-1-2-4-13(12)21(26)27)19-20-16(23)14(29-18(20)28)9-10-5-7-11(8-6-10)17(24)25/h1-9H,(H,19,22)(H,24,25)/p-1. The highest BCUT2D eigenvalue weighted by molar-refractivity contribution is 8.26. The van der Waals surface area contributed by atoms with Crippen molar-refractivity contribution in [3.63, 3.8) is 0 Å². The van der Waals surface area contributed by atoms with Gasteiger partial charge in [0.15, 0.2) is 4.32 Å². The molecule has 0 aliphatic carbocycles. The summed E-state index contributed by atoms with van der Waals surface area (Å²) < 4.78 is 0.0412. The molecule has 2 amide bonds. The smallest absolute Gasteiger partial charge is 0.285 e. The van der Waals surface area contributed by atoms with Gasteiger partial charge in [0, 0.05) is 6.07 Å². The number of carbonyl (C=O) groups excluding carboxylic acids is 3. The minimum atomic E-state index is -1.32. The van der Waals surface area contributed by atoms with E-state index < -0.39 is 28.4 Å². The molecule has 0 saturated carbocycles. The van der Waals surface area contributed by atoms with Gasteiger partial charge in [-0.25, -0.2) is 0 Å². The second-order valence-corrected chi connectivity index (χ2v) is 7.32. The maximum atomic E-state index is 12.6. The zero-order chi connectivity index (χ0) is 21.1. The van der Waals surface area contributed by atoms with Crippen LogP contribution in [0.15, 0.2) is 53.4 Å². The topological polar surface area (TPSA) is 133 Å². The average Bonchev–Trinajstić information content (AvgIpc) is 2.95. The van der Waals surface area contributed by atoms with Gasteiger partial charge in [0.25, 0.3) is 17.5 Å². The molecule has 0 atom stereocenters. The van der Waals surface area contributed by atoms with Gasteiger partial charge in [0.05, 0.1) is 15.8 Å². The third-order valence-corrected chi connectivity index (χ3v) is 5.10.